The van der Waals surface area contributed by atoms with E-state index in [-0.39, 0.29) is 31.5 Å². The zero-order valence-electron chi connectivity index (χ0n) is 24.5. The number of halogens is 4. The first-order valence-corrected chi connectivity index (χ1v) is 16.3. The molecular weight excluding hydrogens is 702 g/mol. The van der Waals surface area contributed by atoms with E-state index in [0.717, 1.165) is 9.80 Å². The number of para-hydroxylation sites is 2. The first-order valence-electron chi connectivity index (χ1n) is 14.8. The lowest BCUT2D eigenvalue weighted by Crippen LogP contribution is -2.55. The largest absolute Gasteiger partial charge is 0.273 e. The zero-order valence-corrected chi connectivity index (χ0v) is 27.5. The molecule has 14 heteroatoms. The van der Waals surface area contributed by atoms with Crippen LogP contribution < -0.4 is 19.9 Å². The van der Waals surface area contributed by atoms with Crippen molar-refractivity contribution in [3.63, 3.8) is 0 Å². The molecule has 8 rings (SSSR count). The van der Waals surface area contributed by atoms with Crippen molar-refractivity contribution in [2.45, 2.75) is 24.3 Å². The molecule has 242 valence electrons. The van der Waals surface area contributed by atoms with Gasteiger partial charge in [-0.25, -0.2) is 19.9 Å². The third-order valence-corrected chi connectivity index (χ3v) is 10.5. The Morgan fingerprint density at radius 3 is 1.17 bits per heavy atom. The van der Waals surface area contributed by atoms with E-state index in [4.69, 9.17) is 56.1 Å². The van der Waals surface area contributed by atoms with E-state index in [1.807, 2.05) is 12.1 Å². The molecule has 4 saturated heterocycles. The highest BCUT2D eigenvalue weighted by Crippen LogP contribution is 2.50. The van der Waals surface area contributed by atoms with E-state index in [1.54, 1.807) is 48.5 Å². The average Bonchev–Trinajstić information content (AvgIpc) is 3.80. The fourth-order valence-corrected chi connectivity index (χ4v) is 7.54. The molecule has 4 heterocycles. The molecule has 48 heavy (non-hydrogen) atoms. The van der Waals surface area contributed by atoms with E-state index in [0.29, 0.717) is 11.4 Å². The van der Waals surface area contributed by atoms with Crippen LogP contribution >= 0.6 is 46.4 Å². The lowest BCUT2D eigenvalue weighted by molar-refractivity contribution is -0.128. The smallest absolute Gasteiger partial charge is 0.266 e. The number of nitrogens with zero attached hydrogens (tertiary/aromatic N) is 4. The second kappa shape index (κ2) is 11.8. The number of hydrogen-bond donors (Lipinski definition) is 0. The predicted octanol–water partition coefficient (Wildman–Crippen LogP) is 6.36. The Morgan fingerprint density at radius 1 is 0.438 bits per heavy atom. The van der Waals surface area contributed by atoms with Crippen molar-refractivity contribution >= 4 is 92.8 Å². The van der Waals surface area contributed by atoms with Crippen LogP contribution in [0.15, 0.2) is 97.1 Å². The summed E-state index contributed by atoms with van der Waals surface area (Å²) in [7, 11) is 0. The van der Waals surface area contributed by atoms with Gasteiger partial charge in [0.25, 0.3) is 11.8 Å². The molecule has 4 aromatic rings. The lowest BCUT2D eigenvalue weighted by Gasteiger charge is -2.37. The standard InChI is InChI=1S/C34H22Cl4N4O6/c35-21-13-11-19(15-23(21)37)39-31(43)25-27(41(47-29(25)33(39)45)17-7-3-1-4-8-17)28-26-30(48-42(28)18-9-5-2-6-10-18)34(46)40(32(26)44)20-12-14-22(36)24(38)16-20/h1-16,25-30H/t25-,26-,27-,28-,29+,30+/m0/s1. The van der Waals surface area contributed by atoms with Gasteiger partial charge in [-0.15, -0.1) is 0 Å². The van der Waals surface area contributed by atoms with Crippen LogP contribution in [0.1, 0.15) is 0 Å². The number of imide groups is 2. The van der Waals surface area contributed by atoms with Crippen molar-refractivity contribution in [2.24, 2.45) is 11.8 Å². The zero-order chi connectivity index (χ0) is 33.4. The fraction of sp³-hybridized carbons (Fsp3) is 0.176. The Hall–Kier alpha value is -4.16. The van der Waals surface area contributed by atoms with Crippen LogP contribution in [0, 0.1) is 11.8 Å². The number of anilines is 4. The van der Waals surface area contributed by atoms with Gasteiger partial charge < -0.3 is 0 Å². The summed E-state index contributed by atoms with van der Waals surface area (Å²) in [6.07, 6.45) is -2.51. The van der Waals surface area contributed by atoms with Gasteiger partial charge in [0, 0.05) is 0 Å². The number of rotatable bonds is 5. The first-order chi connectivity index (χ1) is 23.2. The fourth-order valence-electron chi connectivity index (χ4n) is 6.96. The van der Waals surface area contributed by atoms with Crippen LogP contribution in [0.25, 0.3) is 0 Å². The van der Waals surface area contributed by atoms with Gasteiger partial charge in [0.1, 0.15) is 11.8 Å². The number of fused-ring (bicyclic) bond motifs is 2. The minimum Gasteiger partial charge on any atom is -0.273 e. The summed E-state index contributed by atoms with van der Waals surface area (Å²) >= 11 is 24.8. The van der Waals surface area contributed by atoms with E-state index in [1.165, 1.54) is 46.5 Å². The van der Waals surface area contributed by atoms with Gasteiger partial charge in [-0.3, -0.25) is 28.9 Å². The van der Waals surface area contributed by atoms with Crippen molar-refractivity contribution < 1.29 is 28.9 Å². The summed E-state index contributed by atoms with van der Waals surface area (Å²) < 4.78 is 0. The number of carbonyl (C=O) groups is 4. The number of carbonyl (C=O) groups excluding carboxylic acids is 4. The Labute approximate surface area is 293 Å². The maximum absolute atomic E-state index is 14.4. The van der Waals surface area contributed by atoms with E-state index >= 15 is 0 Å². The maximum atomic E-state index is 14.4. The Balaban J connectivity index is 1.27. The second-order valence-corrected chi connectivity index (χ2v) is 13.3. The summed E-state index contributed by atoms with van der Waals surface area (Å²) in [6, 6.07) is 24.8. The first kappa shape index (κ1) is 31.1. The second-order valence-electron chi connectivity index (χ2n) is 11.6. The van der Waals surface area contributed by atoms with E-state index in [2.05, 4.69) is 0 Å². The lowest BCUT2D eigenvalue weighted by atomic mass is 9.82. The normalized spacial score (nSPS) is 26.6. The molecule has 4 aromatic carbocycles. The van der Waals surface area contributed by atoms with Crippen molar-refractivity contribution in [2.75, 3.05) is 19.9 Å². The summed E-state index contributed by atoms with van der Waals surface area (Å²) in [4.78, 5) is 71.7. The number of hydroxylamine groups is 2. The molecule has 4 aliphatic heterocycles. The molecule has 4 amide bonds. The van der Waals surface area contributed by atoms with Crippen molar-refractivity contribution in [3.05, 3.63) is 117 Å². The third kappa shape index (κ3) is 4.70. The summed E-state index contributed by atoms with van der Waals surface area (Å²) in [5, 5.41) is 3.82. The maximum Gasteiger partial charge on any atom is 0.266 e. The highest BCUT2D eigenvalue weighted by Gasteiger charge is 2.69. The molecule has 6 atom stereocenters. The minimum absolute atomic E-state index is 0.162. The van der Waals surface area contributed by atoms with Crippen LogP contribution in [0.3, 0.4) is 0 Å². The Bertz CT molecular complexity index is 1860. The van der Waals surface area contributed by atoms with Crippen molar-refractivity contribution in [1.29, 1.82) is 0 Å². The molecule has 0 spiro atoms. The van der Waals surface area contributed by atoms with Gasteiger partial charge in [0.05, 0.1) is 54.9 Å². The molecule has 0 N–H and O–H groups in total. The predicted molar refractivity (Wildman–Crippen MR) is 180 cm³/mol. The topological polar surface area (TPSA) is 99.7 Å². The minimum atomic E-state index is -1.26. The number of benzene rings is 4. The van der Waals surface area contributed by atoms with E-state index < -0.39 is 59.8 Å². The van der Waals surface area contributed by atoms with Gasteiger partial charge in [-0.1, -0.05) is 82.8 Å². The average molecular weight is 724 g/mol. The Kier molecular flexibility index (Phi) is 7.63. The molecule has 0 aromatic heterocycles. The van der Waals surface area contributed by atoms with Crippen molar-refractivity contribution in [1.82, 2.24) is 0 Å². The van der Waals surface area contributed by atoms with Crippen LogP contribution in [-0.4, -0.2) is 47.9 Å². The molecule has 4 aliphatic rings. The number of amides is 4. The van der Waals surface area contributed by atoms with Gasteiger partial charge in [-0.2, -0.15) is 0 Å². The van der Waals surface area contributed by atoms with E-state index in [9.17, 15) is 19.2 Å². The van der Waals surface area contributed by atoms with Gasteiger partial charge in [-0.05, 0) is 60.7 Å². The molecule has 4 fully saturated rings. The molecule has 0 saturated carbocycles. The highest BCUT2D eigenvalue weighted by atomic mass is 35.5. The molecule has 0 radical (unpaired) electrons. The molecular formula is C34H22Cl4N4O6. The SMILES string of the molecule is O=C1[C@H]2[C@@H]([C@@H]3[C@@H]4C(=O)N(c5ccc(Cl)c(Cl)c5)C(=O)[C@@H]4ON3c3ccccc3)N(c3ccccc3)O[C@H]2C(=O)N1c1ccc(Cl)c(Cl)c1. The molecule has 10 nitrogen and oxygen atoms in total. The van der Waals surface area contributed by atoms with Crippen LogP contribution in [0.5, 0.6) is 0 Å². The van der Waals surface area contributed by atoms with Gasteiger partial charge in [0.15, 0.2) is 12.2 Å². The van der Waals surface area contributed by atoms with Crippen LogP contribution in [0.4, 0.5) is 22.7 Å². The Morgan fingerprint density at radius 2 is 0.812 bits per heavy atom. The quantitative estimate of drug-likeness (QED) is 0.220. The monoisotopic (exact) mass is 722 g/mol. The number of hydrogen-bond acceptors (Lipinski definition) is 8. The summed E-state index contributed by atoms with van der Waals surface area (Å²) in [5.74, 6) is -4.59. The molecule has 0 aliphatic carbocycles. The summed E-state index contributed by atoms with van der Waals surface area (Å²) in [5.41, 5.74) is 1.52. The highest BCUT2D eigenvalue weighted by molar-refractivity contribution is 6.43. The van der Waals surface area contributed by atoms with Crippen LogP contribution in [0.2, 0.25) is 20.1 Å². The molecule has 0 bridgehead atoms. The van der Waals surface area contributed by atoms with Crippen molar-refractivity contribution in [3.8, 4) is 0 Å². The van der Waals surface area contributed by atoms with Gasteiger partial charge in [0.2, 0.25) is 11.8 Å². The third-order valence-electron chi connectivity index (χ3n) is 9.02. The molecule has 0 unspecified atom stereocenters. The van der Waals surface area contributed by atoms with Gasteiger partial charge >= 0.3 is 0 Å². The summed E-state index contributed by atoms with van der Waals surface area (Å²) in [6.45, 7) is 0. The van der Waals surface area contributed by atoms with Crippen LogP contribution in [-0.2, 0) is 28.9 Å².